The molecule has 0 saturated heterocycles. The highest BCUT2D eigenvalue weighted by molar-refractivity contribution is 7.89. The molecule has 106 valence electrons. The number of sulfonamides is 1. The zero-order valence-corrected chi connectivity index (χ0v) is 11.7. The Morgan fingerprint density at radius 1 is 0.905 bits per heavy atom. The van der Waals surface area contributed by atoms with Crippen molar-refractivity contribution in [2.75, 3.05) is 0 Å². The summed E-state index contributed by atoms with van der Waals surface area (Å²) in [5.41, 5.74) is 1.61. The molecule has 0 aliphatic rings. The molecule has 0 aliphatic heterocycles. The Kier molecular flexibility index (Phi) is 3.32. The van der Waals surface area contributed by atoms with Gasteiger partial charge in [0.05, 0.1) is 11.1 Å². The molecule has 1 heterocycles. The van der Waals surface area contributed by atoms with E-state index in [1.165, 1.54) is 12.1 Å². The normalized spacial score (nSPS) is 11.5. The van der Waals surface area contributed by atoms with E-state index in [4.69, 9.17) is 9.56 Å². The number of hydrogen-bond acceptors (Lipinski definition) is 4. The molecule has 0 aliphatic carbocycles. The lowest BCUT2D eigenvalue weighted by Crippen LogP contribution is -2.11. The van der Waals surface area contributed by atoms with E-state index in [2.05, 4.69) is 4.98 Å². The molecule has 1 aromatic heterocycles. The first kappa shape index (κ1) is 13.5. The molecule has 3 rings (SSSR count). The summed E-state index contributed by atoms with van der Waals surface area (Å²) in [5, 5.41) is 5.06. The van der Waals surface area contributed by atoms with Crippen molar-refractivity contribution in [3.05, 3.63) is 60.8 Å². The minimum absolute atomic E-state index is 0.0566. The van der Waals surface area contributed by atoms with Gasteiger partial charge in [-0.3, -0.25) is 0 Å². The third-order valence-electron chi connectivity index (χ3n) is 2.99. The Labute approximate surface area is 122 Å². The minimum Gasteiger partial charge on any atom is -0.436 e. The Bertz CT molecular complexity index is 853. The molecule has 5 nitrogen and oxygen atoms in total. The molecule has 0 amide bonds. The molecule has 0 saturated carbocycles. The fourth-order valence-corrected chi connectivity index (χ4v) is 2.45. The maximum absolute atomic E-state index is 11.2. The second kappa shape index (κ2) is 5.16. The van der Waals surface area contributed by atoms with Gasteiger partial charge in [0.15, 0.2) is 5.76 Å². The second-order valence-electron chi connectivity index (χ2n) is 4.47. The first-order valence-corrected chi connectivity index (χ1v) is 7.73. The molecule has 0 fully saturated rings. The van der Waals surface area contributed by atoms with E-state index in [-0.39, 0.29) is 4.90 Å². The molecular weight excluding hydrogens is 288 g/mol. The van der Waals surface area contributed by atoms with Crippen LogP contribution in [0.3, 0.4) is 0 Å². The van der Waals surface area contributed by atoms with Crippen LogP contribution in [0.1, 0.15) is 0 Å². The summed E-state index contributed by atoms with van der Waals surface area (Å²) in [6.45, 7) is 0. The average molecular weight is 300 g/mol. The fourth-order valence-electron chi connectivity index (χ4n) is 1.93. The van der Waals surface area contributed by atoms with Crippen LogP contribution in [0.15, 0.2) is 70.1 Å². The molecule has 2 aromatic carbocycles. The number of aromatic nitrogens is 1. The smallest absolute Gasteiger partial charge is 0.238 e. The molecule has 0 radical (unpaired) electrons. The summed E-state index contributed by atoms with van der Waals surface area (Å²) in [5.74, 6) is 1.08. The number of oxazole rings is 1. The van der Waals surface area contributed by atoms with E-state index in [0.29, 0.717) is 17.2 Å². The first-order valence-electron chi connectivity index (χ1n) is 6.18. The molecule has 21 heavy (non-hydrogen) atoms. The Morgan fingerprint density at radius 3 is 2.19 bits per heavy atom. The third-order valence-corrected chi connectivity index (χ3v) is 3.92. The van der Waals surface area contributed by atoms with E-state index in [1.54, 1.807) is 18.3 Å². The van der Waals surface area contributed by atoms with Crippen LogP contribution < -0.4 is 5.14 Å². The molecular formula is C15H12N2O3S. The standard InChI is InChI=1S/C15H12N2O3S/c16-21(18,19)13-8-6-12(7-9-13)15-17-10-14(20-15)11-4-2-1-3-5-11/h1-10H,(H2,16,18,19). The average Bonchev–Trinajstić information content (AvgIpc) is 2.97. The Hall–Kier alpha value is -2.44. The van der Waals surface area contributed by atoms with Crippen LogP contribution in [0, 0.1) is 0 Å². The van der Waals surface area contributed by atoms with E-state index < -0.39 is 10.0 Å². The first-order chi connectivity index (χ1) is 10.0. The highest BCUT2D eigenvalue weighted by atomic mass is 32.2. The highest BCUT2D eigenvalue weighted by Crippen LogP contribution is 2.26. The summed E-state index contributed by atoms with van der Waals surface area (Å²) in [7, 11) is -3.69. The second-order valence-corrected chi connectivity index (χ2v) is 6.03. The van der Waals surface area contributed by atoms with Crippen LogP contribution in [0.2, 0.25) is 0 Å². The third kappa shape index (κ3) is 2.86. The van der Waals surface area contributed by atoms with E-state index in [9.17, 15) is 8.42 Å². The highest BCUT2D eigenvalue weighted by Gasteiger charge is 2.11. The largest absolute Gasteiger partial charge is 0.436 e. The van der Waals surface area contributed by atoms with Crippen molar-refractivity contribution in [1.29, 1.82) is 0 Å². The van der Waals surface area contributed by atoms with E-state index in [1.807, 2.05) is 30.3 Å². The number of hydrogen-bond donors (Lipinski definition) is 1. The summed E-state index contributed by atoms with van der Waals surface area (Å²) >= 11 is 0. The van der Waals surface area contributed by atoms with Crippen molar-refractivity contribution in [3.8, 4) is 22.8 Å². The zero-order chi connectivity index (χ0) is 14.9. The van der Waals surface area contributed by atoms with Gasteiger partial charge in [0.2, 0.25) is 15.9 Å². The van der Waals surface area contributed by atoms with Crippen molar-refractivity contribution < 1.29 is 12.8 Å². The number of nitrogens with two attached hydrogens (primary N) is 1. The summed E-state index contributed by atoms with van der Waals surface area (Å²) < 4.78 is 28.1. The van der Waals surface area contributed by atoms with Crippen molar-refractivity contribution in [2.45, 2.75) is 4.90 Å². The molecule has 0 unspecified atom stereocenters. The van der Waals surface area contributed by atoms with Crippen LogP contribution in [0.25, 0.3) is 22.8 Å². The van der Waals surface area contributed by atoms with Gasteiger partial charge in [-0.15, -0.1) is 0 Å². The number of nitrogens with zero attached hydrogens (tertiary/aromatic N) is 1. The summed E-state index contributed by atoms with van der Waals surface area (Å²) in [4.78, 5) is 4.26. The van der Waals surface area contributed by atoms with Gasteiger partial charge in [-0.1, -0.05) is 30.3 Å². The Balaban J connectivity index is 1.94. The maximum atomic E-state index is 11.2. The minimum atomic E-state index is -3.69. The zero-order valence-electron chi connectivity index (χ0n) is 10.9. The molecule has 0 atom stereocenters. The van der Waals surface area contributed by atoms with Gasteiger partial charge in [-0.25, -0.2) is 18.5 Å². The van der Waals surface area contributed by atoms with Gasteiger partial charge >= 0.3 is 0 Å². The van der Waals surface area contributed by atoms with Gasteiger partial charge in [-0.05, 0) is 24.3 Å². The predicted octanol–water partition coefficient (Wildman–Crippen LogP) is 2.66. The lowest BCUT2D eigenvalue weighted by molar-refractivity contribution is 0.588. The molecule has 3 aromatic rings. The lowest BCUT2D eigenvalue weighted by Gasteiger charge is -1.99. The van der Waals surface area contributed by atoms with Gasteiger partial charge in [0, 0.05) is 11.1 Å². The van der Waals surface area contributed by atoms with Gasteiger partial charge < -0.3 is 4.42 Å². The molecule has 0 bridgehead atoms. The molecule has 0 spiro atoms. The number of primary sulfonamides is 1. The SMILES string of the molecule is NS(=O)(=O)c1ccc(-c2ncc(-c3ccccc3)o2)cc1. The fraction of sp³-hybridized carbons (Fsp3) is 0. The Morgan fingerprint density at radius 2 is 1.57 bits per heavy atom. The molecule has 6 heteroatoms. The maximum Gasteiger partial charge on any atom is 0.238 e. The van der Waals surface area contributed by atoms with Crippen molar-refractivity contribution in [1.82, 2.24) is 4.98 Å². The quantitative estimate of drug-likeness (QED) is 0.805. The molecule has 2 N–H and O–H groups in total. The van der Waals surface area contributed by atoms with Crippen LogP contribution in [0.4, 0.5) is 0 Å². The lowest BCUT2D eigenvalue weighted by atomic mass is 10.2. The van der Waals surface area contributed by atoms with Gasteiger partial charge in [0.1, 0.15) is 0 Å². The van der Waals surface area contributed by atoms with Gasteiger partial charge in [0.25, 0.3) is 0 Å². The van der Waals surface area contributed by atoms with Crippen molar-refractivity contribution in [3.63, 3.8) is 0 Å². The predicted molar refractivity (Wildman–Crippen MR) is 78.7 cm³/mol. The van der Waals surface area contributed by atoms with Crippen LogP contribution in [-0.2, 0) is 10.0 Å². The number of benzene rings is 2. The van der Waals surface area contributed by atoms with Crippen molar-refractivity contribution >= 4 is 10.0 Å². The van der Waals surface area contributed by atoms with E-state index in [0.717, 1.165) is 5.56 Å². The monoisotopic (exact) mass is 300 g/mol. The number of rotatable bonds is 3. The van der Waals surface area contributed by atoms with E-state index >= 15 is 0 Å². The van der Waals surface area contributed by atoms with Gasteiger partial charge in [-0.2, -0.15) is 0 Å². The van der Waals surface area contributed by atoms with Crippen LogP contribution in [-0.4, -0.2) is 13.4 Å². The van der Waals surface area contributed by atoms with Crippen LogP contribution >= 0.6 is 0 Å². The summed E-state index contributed by atoms with van der Waals surface area (Å²) in [6.07, 6.45) is 1.64. The topological polar surface area (TPSA) is 86.2 Å². The summed E-state index contributed by atoms with van der Waals surface area (Å²) in [6, 6.07) is 15.7. The van der Waals surface area contributed by atoms with Crippen molar-refractivity contribution in [2.24, 2.45) is 5.14 Å². The van der Waals surface area contributed by atoms with Crippen LogP contribution in [0.5, 0.6) is 0 Å².